The van der Waals surface area contributed by atoms with Crippen molar-refractivity contribution in [3.8, 4) is 0 Å². The lowest BCUT2D eigenvalue weighted by molar-refractivity contribution is 0.256. The van der Waals surface area contributed by atoms with Gasteiger partial charge in [0.2, 0.25) is 0 Å². The fourth-order valence-electron chi connectivity index (χ4n) is 1.73. The van der Waals surface area contributed by atoms with Gasteiger partial charge in [0.1, 0.15) is 0 Å². The molecule has 0 heterocycles. The second-order valence-corrected chi connectivity index (χ2v) is 3.93. The molecule has 0 spiro atoms. The molecule has 0 bridgehead atoms. The molecule has 0 atom stereocenters. The van der Waals surface area contributed by atoms with Crippen LogP contribution in [-0.2, 0) is 5.67 Å². The van der Waals surface area contributed by atoms with Gasteiger partial charge in [0.15, 0.2) is 5.67 Å². The molecule has 0 aliphatic carbocycles. The van der Waals surface area contributed by atoms with Crippen molar-refractivity contribution in [2.75, 3.05) is 5.88 Å². The van der Waals surface area contributed by atoms with Crippen molar-refractivity contribution < 1.29 is 4.39 Å². The predicted octanol–water partition coefficient (Wildman–Crippen LogP) is 4.14. The average Bonchev–Trinajstić information content (AvgIpc) is 2.40. The first-order valence-electron chi connectivity index (χ1n) is 5.13. The van der Waals surface area contributed by atoms with Gasteiger partial charge in [0.05, 0.1) is 5.88 Å². The minimum absolute atomic E-state index is 0.0823. The summed E-state index contributed by atoms with van der Waals surface area (Å²) in [6, 6.07) is 18.0. The summed E-state index contributed by atoms with van der Waals surface area (Å²) in [5, 5.41) is 0. The average molecular weight is 235 g/mol. The largest absolute Gasteiger partial charge is 0.232 e. The number of alkyl halides is 2. The molecule has 0 unspecified atom stereocenters. The Labute approximate surface area is 99.7 Å². The zero-order chi connectivity index (χ0) is 11.4. The van der Waals surface area contributed by atoms with Gasteiger partial charge >= 0.3 is 0 Å². The van der Waals surface area contributed by atoms with Gasteiger partial charge in [-0.05, 0) is 11.1 Å². The number of rotatable bonds is 3. The molecule has 82 valence electrons. The van der Waals surface area contributed by atoms with Crippen molar-refractivity contribution in [2.45, 2.75) is 5.67 Å². The standard InChI is InChI=1S/C14H12ClF/c15-11-14(16,12-7-3-1-4-8-12)13-9-5-2-6-10-13/h1-10H,11H2. The van der Waals surface area contributed by atoms with Crippen LogP contribution in [0.4, 0.5) is 4.39 Å². The predicted molar refractivity (Wildman–Crippen MR) is 65.5 cm³/mol. The zero-order valence-electron chi connectivity index (χ0n) is 8.74. The van der Waals surface area contributed by atoms with Gasteiger partial charge in [-0.3, -0.25) is 0 Å². The number of hydrogen-bond donors (Lipinski definition) is 0. The lowest BCUT2D eigenvalue weighted by atomic mass is 9.90. The Hall–Kier alpha value is -1.34. The third-order valence-electron chi connectivity index (χ3n) is 2.65. The molecule has 0 aromatic heterocycles. The smallest absolute Gasteiger partial charge is 0.174 e. The summed E-state index contributed by atoms with van der Waals surface area (Å²) < 4.78 is 14.9. The van der Waals surface area contributed by atoms with Crippen molar-refractivity contribution in [3.63, 3.8) is 0 Å². The maximum absolute atomic E-state index is 14.9. The lowest BCUT2D eigenvalue weighted by Gasteiger charge is -2.23. The maximum atomic E-state index is 14.9. The first-order valence-corrected chi connectivity index (χ1v) is 5.67. The van der Waals surface area contributed by atoms with E-state index in [9.17, 15) is 4.39 Å². The summed E-state index contributed by atoms with van der Waals surface area (Å²) in [4.78, 5) is 0. The number of benzene rings is 2. The van der Waals surface area contributed by atoms with Gasteiger partial charge in [-0.25, -0.2) is 4.39 Å². The van der Waals surface area contributed by atoms with E-state index in [4.69, 9.17) is 11.6 Å². The minimum Gasteiger partial charge on any atom is -0.232 e. The molecule has 2 aromatic rings. The zero-order valence-corrected chi connectivity index (χ0v) is 9.49. The number of hydrogen-bond acceptors (Lipinski definition) is 0. The van der Waals surface area contributed by atoms with Gasteiger partial charge in [-0.2, -0.15) is 0 Å². The van der Waals surface area contributed by atoms with E-state index < -0.39 is 5.67 Å². The third-order valence-corrected chi connectivity index (χ3v) is 3.02. The van der Waals surface area contributed by atoms with Crippen molar-refractivity contribution in [2.24, 2.45) is 0 Å². The molecule has 0 N–H and O–H groups in total. The highest BCUT2D eigenvalue weighted by molar-refractivity contribution is 6.18. The van der Waals surface area contributed by atoms with Crippen LogP contribution in [0, 0.1) is 0 Å². The van der Waals surface area contributed by atoms with Crippen LogP contribution in [-0.4, -0.2) is 5.88 Å². The fourth-order valence-corrected chi connectivity index (χ4v) is 2.03. The van der Waals surface area contributed by atoms with E-state index in [1.165, 1.54) is 0 Å². The van der Waals surface area contributed by atoms with Crippen LogP contribution in [0.25, 0.3) is 0 Å². The van der Waals surface area contributed by atoms with Crippen LogP contribution in [0.5, 0.6) is 0 Å². The second kappa shape index (κ2) is 4.67. The Kier molecular flexibility index (Phi) is 3.25. The monoisotopic (exact) mass is 234 g/mol. The van der Waals surface area contributed by atoms with Crippen molar-refractivity contribution >= 4 is 11.6 Å². The molecule has 0 aliphatic rings. The fraction of sp³-hybridized carbons (Fsp3) is 0.143. The lowest BCUT2D eigenvalue weighted by Crippen LogP contribution is -2.23. The van der Waals surface area contributed by atoms with Gasteiger partial charge < -0.3 is 0 Å². The maximum Gasteiger partial charge on any atom is 0.174 e. The molecule has 2 aromatic carbocycles. The molecule has 2 heteroatoms. The van der Waals surface area contributed by atoms with E-state index in [2.05, 4.69) is 0 Å². The van der Waals surface area contributed by atoms with E-state index >= 15 is 0 Å². The molecule has 0 nitrogen and oxygen atoms in total. The molecule has 2 rings (SSSR count). The third kappa shape index (κ3) is 1.96. The van der Waals surface area contributed by atoms with Crippen LogP contribution in [0.15, 0.2) is 60.7 Å². The quantitative estimate of drug-likeness (QED) is 0.701. The van der Waals surface area contributed by atoms with E-state index in [0.29, 0.717) is 11.1 Å². The highest BCUT2D eigenvalue weighted by Crippen LogP contribution is 2.34. The molecule has 0 fully saturated rings. The molecule has 0 aliphatic heterocycles. The van der Waals surface area contributed by atoms with Crippen LogP contribution in [0.2, 0.25) is 0 Å². The highest BCUT2D eigenvalue weighted by Gasteiger charge is 2.32. The summed E-state index contributed by atoms with van der Waals surface area (Å²) >= 11 is 5.80. The van der Waals surface area contributed by atoms with Crippen LogP contribution < -0.4 is 0 Å². The van der Waals surface area contributed by atoms with Crippen LogP contribution in [0.1, 0.15) is 11.1 Å². The highest BCUT2D eigenvalue weighted by atomic mass is 35.5. The van der Waals surface area contributed by atoms with Gasteiger partial charge in [-0.1, -0.05) is 60.7 Å². The molecule has 16 heavy (non-hydrogen) atoms. The molecule has 0 radical (unpaired) electrons. The Morgan fingerprint density at radius 2 is 1.19 bits per heavy atom. The Balaban J connectivity index is 2.49. The summed E-state index contributed by atoms with van der Waals surface area (Å²) in [5.74, 6) is -0.0823. The Bertz CT molecular complexity index is 399. The summed E-state index contributed by atoms with van der Waals surface area (Å²) in [7, 11) is 0. The summed E-state index contributed by atoms with van der Waals surface area (Å²) in [5.41, 5.74) is -0.420. The molecule has 0 amide bonds. The van der Waals surface area contributed by atoms with E-state index in [-0.39, 0.29) is 5.88 Å². The van der Waals surface area contributed by atoms with Crippen molar-refractivity contribution in [1.82, 2.24) is 0 Å². The summed E-state index contributed by atoms with van der Waals surface area (Å²) in [6.45, 7) is 0. The number of halogens is 2. The Morgan fingerprint density at radius 1 is 0.812 bits per heavy atom. The first kappa shape index (κ1) is 11.2. The first-order chi connectivity index (χ1) is 7.77. The SMILES string of the molecule is FC(CCl)(c1ccccc1)c1ccccc1. The van der Waals surface area contributed by atoms with E-state index in [1.54, 1.807) is 24.3 Å². The molecule has 0 saturated heterocycles. The van der Waals surface area contributed by atoms with Gasteiger partial charge in [-0.15, -0.1) is 11.6 Å². The van der Waals surface area contributed by atoms with Crippen molar-refractivity contribution in [1.29, 1.82) is 0 Å². The minimum atomic E-state index is -1.61. The van der Waals surface area contributed by atoms with E-state index in [1.807, 2.05) is 36.4 Å². The van der Waals surface area contributed by atoms with Crippen LogP contribution >= 0.6 is 11.6 Å². The Morgan fingerprint density at radius 3 is 1.50 bits per heavy atom. The van der Waals surface area contributed by atoms with Crippen molar-refractivity contribution in [3.05, 3.63) is 71.8 Å². The van der Waals surface area contributed by atoms with Crippen LogP contribution in [0.3, 0.4) is 0 Å². The van der Waals surface area contributed by atoms with E-state index in [0.717, 1.165) is 0 Å². The second-order valence-electron chi connectivity index (χ2n) is 3.67. The summed E-state index contributed by atoms with van der Waals surface area (Å²) in [6.07, 6.45) is 0. The molecular formula is C14H12ClF. The van der Waals surface area contributed by atoms with Gasteiger partial charge in [0, 0.05) is 0 Å². The van der Waals surface area contributed by atoms with Gasteiger partial charge in [0.25, 0.3) is 0 Å². The molecular weight excluding hydrogens is 223 g/mol. The normalized spacial score (nSPS) is 11.4. The molecule has 0 saturated carbocycles. The topological polar surface area (TPSA) is 0 Å².